The first-order valence-electron chi connectivity index (χ1n) is 7.64. The second-order valence-corrected chi connectivity index (χ2v) is 7.23. The maximum Gasteiger partial charge on any atom is 0.263 e. The molecular formula is C15H25N3OS2. The molecule has 6 heteroatoms. The van der Waals surface area contributed by atoms with Crippen LogP contribution in [-0.2, 0) is 0 Å². The molecule has 0 aliphatic heterocycles. The van der Waals surface area contributed by atoms with Crippen LogP contribution in [0.5, 0.6) is 0 Å². The van der Waals surface area contributed by atoms with Gasteiger partial charge in [-0.25, -0.2) is 0 Å². The van der Waals surface area contributed by atoms with Gasteiger partial charge in [0.2, 0.25) is 0 Å². The molecule has 2 rings (SSSR count). The van der Waals surface area contributed by atoms with E-state index >= 15 is 0 Å². The number of rotatable bonds is 8. The highest BCUT2D eigenvalue weighted by molar-refractivity contribution is 7.99. The van der Waals surface area contributed by atoms with Gasteiger partial charge in [0.05, 0.1) is 10.6 Å². The monoisotopic (exact) mass is 327 g/mol. The van der Waals surface area contributed by atoms with Crippen molar-refractivity contribution in [2.24, 2.45) is 0 Å². The minimum Gasteiger partial charge on any atom is -0.396 e. The standard InChI is InChI=1S/C15H25N3OS2/c1-4-8-18(9-5-2)15-13(20-3)11(16)12(21-15)14(19)17-10-6-7-10/h10H,4-9,16H2,1-3H3,(H,17,19). The van der Waals surface area contributed by atoms with E-state index in [0.717, 1.165) is 48.7 Å². The van der Waals surface area contributed by atoms with Crippen LogP contribution in [0.1, 0.15) is 49.2 Å². The van der Waals surface area contributed by atoms with Gasteiger partial charge in [-0.3, -0.25) is 4.79 Å². The lowest BCUT2D eigenvalue weighted by molar-refractivity contribution is 0.0956. The van der Waals surface area contributed by atoms with Crippen molar-refractivity contribution >= 4 is 39.7 Å². The summed E-state index contributed by atoms with van der Waals surface area (Å²) in [4.78, 5) is 16.4. The largest absolute Gasteiger partial charge is 0.396 e. The van der Waals surface area contributed by atoms with Crippen molar-refractivity contribution in [3.8, 4) is 0 Å². The first-order valence-corrected chi connectivity index (χ1v) is 9.68. The molecule has 0 aromatic carbocycles. The van der Waals surface area contributed by atoms with E-state index in [0.29, 0.717) is 16.6 Å². The van der Waals surface area contributed by atoms with Crippen LogP contribution >= 0.6 is 23.1 Å². The lowest BCUT2D eigenvalue weighted by Gasteiger charge is -2.23. The topological polar surface area (TPSA) is 58.4 Å². The Morgan fingerprint density at radius 2 is 2.00 bits per heavy atom. The van der Waals surface area contributed by atoms with E-state index in [1.165, 1.54) is 0 Å². The molecule has 1 amide bonds. The summed E-state index contributed by atoms with van der Waals surface area (Å²) in [5.74, 6) is -0.00510. The predicted molar refractivity (Wildman–Crippen MR) is 93.8 cm³/mol. The Bertz CT molecular complexity index is 491. The highest BCUT2D eigenvalue weighted by Crippen LogP contribution is 2.44. The summed E-state index contributed by atoms with van der Waals surface area (Å²) in [6.45, 7) is 6.37. The van der Waals surface area contributed by atoms with Gasteiger partial charge < -0.3 is 16.0 Å². The first-order chi connectivity index (χ1) is 10.1. The average molecular weight is 328 g/mol. The zero-order valence-electron chi connectivity index (χ0n) is 13.1. The number of nitrogens with one attached hydrogen (secondary N) is 1. The number of hydrogen-bond donors (Lipinski definition) is 2. The molecular weight excluding hydrogens is 302 g/mol. The van der Waals surface area contributed by atoms with Gasteiger partial charge in [0.25, 0.3) is 5.91 Å². The highest BCUT2D eigenvalue weighted by Gasteiger charge is 2.28. The summed E-state index contributed by atoms with van der Waals surface area (Å²) in [5.41, 5.74) is 6.89. The minimum absolute atomic E-state index is 0.00510. The van der Waals surface area contributed by atoms with Crippen LogP contribution in [0.2, 0.25) is 0 Å². The van der Waals surface area contributed by atoms with E-state index < -0.39 is 0 Å². The second kappa shape index (κ2) is 7.40. The van der Waals surface area contributed by atoms with Crippen molar-refractivity contribution in [1.29, 1.82) is 0 Å². The molecule has 0 radical (unpaired) electrons. The third kappa shape index (κ3) is 3.86. The fraction of sp³-hybridized carbons (Fsp3) is 0.667. The molecule has 0 atom stereocenters. The van der Waals surface area contributed by atoms with E-state index in [1.54, 1.807) is 23.1 Å². The van der Waals surface area contributed by atoms with Crippen molar-refractivity contribution < 1.29 is 4.79 Å². The van der Waals surface area contributed by atoms with Gasteiger partial charge in [0, 0.05) is 19.1 Å². The van der Waals surface area contributed by atoms with Gasteiger partial charge >= 0.3 is 0 Å². The van der Waals surface area contributed by atoms with E-state index in [-0.39, 0.29) is 5.91 Å². The molecule has 21 heavy (non-hydrogen) atoms. The van der Waals surface area contributed by atoms with Crippen LogP contribution in [0.4, 0.5) is 10.7 Å². The Balaban J connectivity index is 2.28. The summed E-state index contributed by atoms with van der Waals surface area (Å²) in [7, 11) is 0. The summed E-state index contributed by atoms with van der Waals surface area (Å²) >= 11 is 3.18. The number of nitrogens with zero attached hydrogens (tertiary/aromatic N) is 1. The molecule has 1 aromatic rings. The fourth-order valence-electron chi connectivity index (χ4n) is 2.32. The van der Waals surface area contributed by atoms with Crippen molar-refractivity contribution in [3.63, 3.8) is 0 Å². The van der Waals surface area contributed by atoms with Crippen molar-refractivity contribution in [1.82, 2.24) is 5.32 Å². The lowest BCUT2D eigenvalue weighted by atomic mass is 10.3. The molecule has 1 saturated carbocycles. The maximum atomic E-state index is 12.3. The highest BCUT2D eigenvalue weighted by atomic mass is 32.2. The van der Waals surface area contributed by atoms with Crippen LogP contribution in [-0.4, -0.2) is 31.3 Å². The minimum atomic E-state index is -0.00510. The van der Waals surface area contributed by atoms with Crippen molar-refractivity contribution in [3.05, 3.63) is 4.88 Å². The zero-order valence-corrected chi connectivity index (χ0v) is 14.7. The van der Waals surface area contributed by atoms with Gasteiger partial charge in [-0.2, -0.15) is 0 Å². The molecule has 1 fully saturated rings. The van der Waals surface area contributed by atoms with Crippen LogP contribution in [0, 0.1) is 0 Å². The van der Waals surface area contributed by atoms with E-state index in [9.17, 15) is 4.79 Å². The number of thioether (sulfide) groups is 1. The summed E-state index contributed by atoms with van der Waals surface area (Å²) in [6, 6.07) is 0.363. The molecule has 1 aliphatic carbocycles. The predicted octanol–water partition coefficient (Wildman–Crippen LogP) is 3.57. The SMILES string of the molecule is CCCN(CCC)c1sc(C(=O)NC2CC2)c(N)c1SC. The molecule has 1 heterocycles. The van der Waals surface area contributed by atoms with Crippen LogP contribution in [0.15, 0.2) is 4.90 Å². The van der Waals surface area contributed by atoms with Gasteiger partial charge in [-0.15, -0.1) is 23.1 Å². The van der Waals surface area contributed by atoms with Crippen molar-refractivity contribution in [2.45, 2.75) is 50.5 Å². The number of hydrogen-bond acceptors (Lipinski definition) is 5. The third-order valence-corrected chi connectivity index (χ3v) is 5.70. The number of carbonyl (C=O) groups excluding carboxylic acids is 1. The van der Waals surface area contributed by atoms with Gasteiger partial charge in [0.1, 0.15) is 9.88 Å². The maximum absolute atomic E-state index is 12.3. The quantitative estimate of drug-likeness (QED) is 0.717. The molecule has 1 aliphatic rings. The van der Waals surface area contributed by atoms with Crippen molar-refractivity contribution in [2.75, 3.05) is 30.0 Å². The Kier molecular flexibility index (Phi) is 5.81. The summed E-state index contributed by atoms with van der Waals surface area (Å²) < 4.78 is 0. The van der Waals surface area contributed by atoms with Gasteiger partial charge in [0.15, 0.2) is 0 Å². The molecule has 118 valence electrons. The van der Waals surface area contributed by atoms with E-state index in [4.69, 9.17) is 5.73 Å². The molecule has 0 saturated heterocycles. The molecule has 4 nitrogen and oxygen atoms in total. The number of thiophene rings is 1. The Hall–Kier alpha value is -0.880. The van der Waals surface area contributed by atoms with Crippen LogP contribution in [0.25, 0.3) is 0 Å². The van der Waals surface area contributed by atoms with Gasteiger partial charge in [-0.1, -0.05) is 13.8 Å². The molecule has 3 N–H and O–H groups in total. The van der Waals surface area contributed by atoms with E-state index in [1.807, 2.05) is 6.26 Å². The summed E-state index contributed by atoms with van der Waals surface area (Å²) in [6.07, 6.45) is 6.40. The number of carbonyl (C=O) groups is 1. The van der Waals surface area contributed by atoms with Crippen LogP contribution < -0.4 is 16.0 Å². The van der Waals surface area contributed by atoms with E-state index in [2.05, 4.69) is 24.1 Å². The smallest absolute Gasteiger partial charge is 0.263 e. The Morgan fingerprint density at radius 1 is 1.38 bits per heavy atom. The Morgan fingerprint density at radius 3 is 2.48 bits per heavy atom. The first kappa shape index (κ1) is 16.5. The fourth-order valence-corrected chi connectivity index (χ4v) is 4.46. The van der Waals surface area contributed by atoms with Gasteiger partial charge in [-0.05, 0) is 31.9 Å². The number of anilines is 2. The molecule has 1 aromatic heterocycles. The molecule has 0 bridgehead atoms. The normalized spacial score (nSPS) is 14.2. The number of amides is 1. The summed E-state index contributed by atoms with van der Waals surface area (Å²) in [5, 5.41) is 4.20. The Labute approximate surface area is 135 Å². The number of nitrogens with two attached hydrogens (primary N) is 1. The lowest BCUT2D eigenvalue weighted by Crippen LogP contribution is -2.25. The second-order valence-electron chi connectivity index (χ2n) is 5.42. The average Bonchev–Trinajstić information content (AvgIpc) is 3.20. The zero-order chi connectivity index (χ0) is 15.4. The number of nitrogen functional groups attached to an aromatic ring is 1. The molecule has 0 unspecified atom stereocenters. The molecule has 0 spiro atoms. The third-order valence-electron chi connectivity index (χ3n) is 3.48. The van der Waals surface area contributed by atoms with Crippen LogP contribution in [0.3, 0.4) is 0 Å².